The van der Waals surface area contributed by atoms with E-state index in [0.29, 0.717) is 18.2 Å². The molecule has 0 aliphatic carbocycles. The van der Waals surface area contributed by atoms with Gasteiger partial charge in [-0.15, -0.1) is 6.42 Å². The fraction of sp³-hybridized carbons (Fsp3) is 0.333. The number of hydrogen-bond donors (Lipinski definition) is 1. The predicted molar refractivity (Wildman–Crippen MR) is 151 cm³/mol. The molecule has 234 valence electrons. The van der Waals surface area contributed by atoms with Gasteiger partial charge in [0.05, 0.1) is 23.0 Å². The fourth-order valence-corrected chi connectivity index (χ4v) is 6.00. The number of alkyl halides is 3. The Balaban J connectivity index is 1.54. The van der Waals surface area contributed by atoms with Crippen molar-refractivity contribution in [1.82, 2.24) is 19.9 Å². The maximum atomic E-state index is 16.6. The average molecular weight is 630 g/mol. The molecule has 0 unspecified atom stereocenters. The Morgan fingerprint density at radius 3 is 2.51 bits per heavy atom. The van der Waals surface area contributed by atoms with Gasteiger partial charge in [-0.2, -0.15) is 23.1 Å². The molecule has 2 aromatic carbocycles. The number of aromatic nitrogens is 3. The molecule has 4 heterocycles. The lowest BCUT2D eigenvalue weighted by Crippen LogP contribution is -2.55. The Morgan fingerprint density at radius 1 is 1.13 bits per heavy atom. The molecule has 0 spiro atoms. The summed E-state index contributed by atoms with van der Waals surface area (Å²) in [6, 6.07) is 4.00. The molecule has 45 heavy (non-hydrogen) atoms. The average Bonchev–Trinajstić information content (AvgIpc) is 3.28. The molecular weight excluding hydrogens is 605 g/mol. The van der Waals surface area contributed by atoms with Crippen molar-refractivity contribution >= 4 is 33.6 Å². The highest BCUT2D eigenvalue weighted by Gasteiger charge is 2.43. The van der Waals surface area contributed by atoms with Gasteiger partial charge in [-0.1, -0.05) is 12.0 Å². The van der Waals surface area contributed by atoms with E-state index in [1.54, 1.807) is 11.0 Å². The zero-order valence-corrected chi connectivity index (χ0v) is 23.6. The summed E-state index contributed by atoms with van der Waals surface area (Å²) in [7, 11) is 1.40. The van der Waals surface area contributed by atoms with Crippen LogP contribution in [0.5, 0.6) is 11.8 Å². The number of amides is 1. The molecule has 0 saturated carbocycles. The van der Waals surface area contributed by atoms with Crippen LogP contribution >= 0.6 is 0 Å². The molecule has 6 rings (SSSR count). The van der Waals surface area contributed by atoms with Gasteiger partial charge in [-0.3, -0.25) is 9.88 Å². The monoisotopic (exact) mass is 629 g/mol. The van der Waals surface area contributed by atoms with Crippen LogP contribution in [0, 0.1) is 24.0 Å². The summed E-state index contributed by atoms with van der Waals surface area (Å²) >= 11 is 0. The topological polar surface area (TPSA) is 110 Å². The van der Waals surface area contributed by atoms with E-state index in [1.165, 1.54) is 30.3 Å². The number of carbonyl (C=O) groups is 1. The van der Waals surface area contributed by atoms with Crippen molar-refractivity contribution in [3.8, 4) is 35.4 Å². The number of terminal acetylenes is 1. The smallest absolute Gasteiger partial charge is 0.422 e. The van der Waals surface area contributed by atoms with E-state index in [9.17, 15) is 27.5 Å². The molecule has 1 amide bonds. The van der Waals surface area contributed by atoms with Crippen LogP contribution in [0.4, 0.5) is 32.6 Å². The van der Waals surface area contributed by atoms with Crippen molar-refractivity contribution in [2.24, 2.45) is 0 Å². The number of nitrogens with zero attached hydrogens (tertiary/aromatic N) is 5. The van der Waals surface area contributed by atoms with E-state index in [0.717, 1.165) is 6.07 Å². The SMILES string of the molecule is C#Cc1c(F)ccc2cc(OCOC)cc(-c3ncc4c(N5C[C@H]6CC[C@@H](C5)N6C(=O)O)nc(OCC(F)(F)F)nc4c3F)c12. The molecule has 2 atom stereocenters. The van der Waals surface area contributed by atoms with E-state index in [4.69, 9.17) is 20.6 Å². The summed E-state index contributed by atoms with van der Waals surface area (Å²) in [4.78, 5) is 27.3. The first-order valence-corrected chi connectivity index (χ1v) is 13.7. The van der Waals surface area contributed by atoms with E-state index in [-0.39, 0.29) is 59.0 Å². The number of halogens is 5. The Labute approximate surface area is 252 Å². The molecular formula is C30H24F5N5O5. The first kappa shape index (κ1) is 30.1. The standard InChI is InChI=1S/C30H24F5N5O5/c1-3-19-22(31)7-4-15-8-18(45-14-43-2)9-20(23(15)19)25-24(32)26-21(10-36-25)27(38-28(37-26)44-13-30(33,34)35)39-11-16-5-6-17(12-39)40(16)29(41)42/h1,4,7-10,16-17H,5-6,11-14H2,2H3,(H,41,42)/t16-,17+. The second-order valence-corrected chi connectivity index (χ2v) is 10.6. The molecule has 2 aliphatic rings. The van der Waals surface area contributed by atoms with Crippen molar-refractivity contribution in [1.29, 1.82) is 0 Å². The molecule has 2 fully saturated rings. The highest BCUT2D eigenvalue weighted by atomic mass is 19.4. The van der Waals surface area contributed by atoms with Crippen molar-refractivity contribution < 1.29 is 46.1 Å². The van der Waals surface area contributed by atoms with Crippen LogP contribution in [-0.2, 0) is 4.74 Å². The first-order chi connectivity index (χ1) is 21.5. The van der Waals surface area contributed by atoms with Gasteiger partial charge < -0.3 is 24.2 Å². The van der Waals surface area contributed by atoms with E-state index < -0.39 is 54.1 Å². The fourth-order valence-electron chi connectivity index (χ4n) is 6.00. The third-order valence-corrected chi connectivity index (χ3v) is 7.79. The van der Waals surface area contributed by atoms with Gasteiger partial charge in [-0.05, 0) is 36.4 Å². The Hall–Kier alpha value is -4.97. The first-order valence-electron chi connectivity index (χ1n) is 13.7. The number of rotatable bonds is 7. The molecule has 2 aliphatic heterocycles. The number of benzene rings is 2. The van der Waals surface area contributed by atoms with Gasteiger partial charge in [0.1, 0.15) is 28.6 Å². The number of carboxylic acid groups (broad SMARTS) is 1. The maximum absolute atomic E-state index is 16.6. The molecule has 10 nitrogen and oxygen atoms in total. The lowest BCUT2D eigenvalue weighted by Gasteiger charge is -2.40. The molecule has 0 radical (unpaired) electrons. The molecule has 4 aromatic rings. The molecule has 2 aromatic heterocycles. The molecule has 2 saturated heterocycles. The van der Waals surface area contributed by atoms with Crippen LogP contribution in [0.2, 0.25) is 0 Å². The summed E-state index contributed by atoms with van der Waals surface area (Å²) in [5.41, 5.74) is -0.868. The number of fused-ring (bicyclic) bond motifs is 4. The Bertz CT molecular complexity index is 1850. The summed E-state index contributed by atoms with van der Waals surface area (Å²) in [6.07, 6.45) is 2.23. The largest absolute Gasteiger partial charge is 0.468 e. The minimum absolute atomic E-state index is 0.0365. The van der Waals surface area contributed by atoms with Gasteiger partial charge in [0.25, 0.3) is 0 Å². The van der Waals surface area contributed by atoms with Gasteiger partial charge in [0.2, 0.25) is 0 Å². The maximum Gasteiger partial charge on any atom is 0.422 e. The van der Waals surface area contributed by atoms with Crippen LogP contribution in [0.3, 0.4) is 0 Å². The van der Waals surface area contributed by atoms with Gasteiger partial charge in [0.15, 0.2) is 19.2 Å². The van der Waals surface area contributed by atoms with Crippen LogP contribution < -0.4 is 14.4 Å². The Kier molecular flexibility index (Phi) is 7.69. The second-order valence-electron chi connectivity index (χ2n) is 10.6. The van der Waals surface area contributed by atoms with Crippen molar-refractivity contribution in [2.45, 2.75) is 31.1 Å². The van der Waals surface area contributed by atoms with Crippen LogP contribution in [0.25, 0.3) is 32.9 Å². The number of anilines is 1. The van der Waals surface area contributed by atoms with Gasteiger partial charge >= 0.3 is 18.3 Å². The zero-order valence-electron chi connectivity index (χ0n) is 23.6. The van der Waals surface area contributed by atoms with Crippen molar-refractivity contribution in [2.75, 3.05) is 38.5 Å². The minimum Gasteiger partial charge on any atom is -0.468 e. The highest BCUT2D eigenvalue weighted by molar-refractivity contribution is 6.03. The van der Waals surface area contributed by atoms with E-state index in [1.807, 2.05) is 0 Å². The number of ether oxygens (including phenoxy) is 3. The van der Waals surface area contributed by atoms with Gasteiger partial charge in [0, 0.05) is 37.3 Å². The second kappa shape index (κ2) is 11.5. The normalized spacial score (nSPS) is 18.0. The zero-order chi connectivity index (χ0) is 32.0. The third-order valence-electron chi connectivity index (χ3n) is 7.79. The molecule has 1 N–H and O–H groups in total. The number of methoxy groups -OCH3 is 1. The van der Waals surface area contributed by atoms with Crippen molar-refractivity contribution in [3.05, 3.63) is 47.7 Å². The van der Waals surface area contributed by atoms with Gasteiger partial charge in [-0.25, -0.2) is 13.6 Å². The quantitative estimate of drug-likeness (QED) is 0.164. The summed E-state index contributed by atoms with van der Waals surface area (Å²) in [5.74, 6) is 0.755. The van der Waals surface area contributed by atoms with Crippen LogP contribution in [-0.4, -0.2) is 82.9 Å². The third kappa shape index (κ3) is 5.57. The lowest BCUT2D eigenvalue weighted by molar-refractivity contribution is -0.154. The molecule has 2 bridgehead atoms. The van der Waals surface area contributed by atoms with E-state index >= 15 is 4.39 Å². The van der Waals surface area contributed by atoms with Crippen LogP contribution in [0.1, 0.15) is 18.4 Å². The highest BCUT2D eigenvalue weighted by Crippen LogP contribution is 2.40. The summed E-state index contributed by atoms with van der Waals surface area (Å²) in [6.45, 7) is -1.57. The van der Waals surface area contributed by atoms with Crippen LogP contribution in [0.15, 0.2) is 30.5 Å². The Morgan fingerprint density at radius 2 is 1.87 bits per heavy atom. The number of pyridine rings is 1. The van der Waals surface area contributed by atoms with E-state index in [2.05, 4.69) is 20.9 Å². The number of piperazine rings is 1. The summed E-state index contributed by atoms with van der Waals surface area (Å²) in [5, 5.41) is 10.3. The molecule has 15 heteroatoms. The lowest BCUT2D eigenvalue weighted by atomic mass is 9.95. The van der Waals surface area contributed by atoms with Crippen molar-refractivity contribution in [3.63, 3.8) is 0 Å². The summed E-state index contributed by atoms with van der Waals surface area (Å²) < 4.78 is 86.0. The number of hydrogen-bond acceptors (Lipinski definition) is 8. The predicted octanol–water partition coefficient (Wildman–Crippen LogP) is 5.36. The minimum atomic E-state index is -4.73.